The third kappa shape index (κ3) is 1.80. The van der Waals surface area contributed by atoms with Crippen LogP contribution in [0.5, 0.6) is 5.75 Å². The van der Waals surface area contributed by atoms with Crippen molar-refractivity contribution in [3.05, 3.63) is 34.9 Å². The van der Waals surface area contributed by atoms with Gasteiger partial charge in [-0.3, -0.25) is 0 Å². The molecule has 0 amide bonds. The minimum absolute atomic E-state index is 0.0655. The molecular weight excluding hydrogens is 296 g/mol. The Balaban J connectivity index is 2.16. The normalized spacial score (nSPS) is 10.9. The Morgan fingerprint density at radius 3 is 2.89 bits per heavy atom. The average Bonchev–Trinajstić information content (AvgIpc) is 2.75. The maximum absolute atomic E-state index is 9.39. The SMILES string of the molecule is Nc1cc(-c2nc3ncc(Br)cc3[nH]2)ccc1O. The lowest BCUT2D eigenvalue weighted by Crippen LogP contribution is -1.87. The summed E-state index contributed by atoms with van der Waals surface area (Å²) in [5.41, 5.74) is 8.27. The van der Waals surface area contributed by atoms with E-state index in [1.54, 1.807) is 24.4 Å². The molecule has 0 saturated carbocycles. The van der Waals surface area contributed by atoms with Gasteiger partial charge in [0.05, 0.1) is 11.2 Å². The molecule has 5 nitrogen and oxygen atoms in total. The fourth-order valence-electron chi connectivity index (χ4n) is 1.71. The zero-order valence-electron chi connectivity index (χ0n) is 9.18. The zero-order valence-corrected chi connectivity index (χ0v) is 10.8. The van der Waals surface area contributed by atoms with E-state index in [1.165, 1.54) is 0 Å². The van der Waals surface area contributed by atoms with E-state index in [0.717, 1.165) is 15.6 Å². The number of aromatic hydroxyl groups is 1. The number of halogens is 1. The summed E-state index contributed by atoms with van der Waals surface area (Å²) in [6.07, 6.45) is 1.69. The van der Waals surface area contributed by atoms with E-state index >= 15 is 0 Å². The third-order valence-corrected chi connectivity index (χ3v) is 3.04. The highest BCUT2D eigenvalue weighted by atomic mass is 79.9. The summed E-state index contributed by atoms with van der Waals surface area (Å²) in [6, 6.07) is 6.87. The van der Waals surface area contributed by atoms with Gasteiger partial charge in [-0.05, 0) is 40.2 Å². The van der Waals surface area contributed by atoms with Crippen molar-refractivity contribution in [1.29, 1.82) is 0 Å². The van der Waals surface area contributed by atoms with Crippen LogP contribution in [0.25, 0.3) is 22.6 Å². The summed E-state index contributed by atoms with van der Waals surface area (Å²) in [5, 5.41) is 9.39. The summed E-state index contributed by atoms with van der Waals surface area (Å²) in [5.74, 6) is 0.734. The number of hydrogen-bond donors (Lipinski definition) is 3. The molecule has 2 heterocycles. The maximum atomic E-state index is 9.39. The number of pyridine rings is 1. The van der Waals surface area contributed by atoms with Gasteiger partial charge in [0.15, 0.2) is 5.65 Å². The summed E-state index contributed by atoms with van der Waals surface area (Å²) < 4.78 is 0.885. The summed E-state index contributed by atoms with van der Waals surface area (Å²) in [7, 11) is 0. The predicted molar refractivity (Wildman–Crippen MR) is 73.1 cm³/mol. The number of hydrogen-bond acceptors (Lipinski definition) is 4. The van der Waals surface area contributed by atoms with Gasteiger partial charge in [-0.2, -0.15) is 0 Å². The second-order valence-corrected chi connectivity index (χ2v) is 4.80. The van der Waals surface area contributed by atoms with E-state index < -0.39 is 0 Å². The van der Waals surface area contributed by atoms with Crippen molar-refractivity contribution in [3.8, 4) is 17.1 Å². The number of anilines is 1. The van der Waals surface area contributed by atoms with Gasteiger partial charge < -0.3 is 15.8 Å². The molecule has 2 aromatic heterocycles. The number of imidazole rings is 1. The van der Waals surface area contributed by atoms with E-state index in [0.29, 0.717) is 17.2 Å². The molecule has 4 N–H and O–H groups in total. The van der Waals surface area contributed by atoms with Gasteiger partial charge >= 0.3 is 0 Å². The summed E-state index contributed by atoms with van der Waals surface area (Å²) >= 11 is 3.36. The van der Waals surface area contributed by atoms with E-state index in [-0.39, 0.29) is 5.75 Å². The minimum Gasteiger partial charge on any atom is -0.506 e. The fourth-order valence-corrected chi connectivity index (χ4v) is 2.04. The van der Waals surface area contributed by atoms with Crippen molar-refractivity contribution in [1.82, 2.24) is 15.0 Å². The van der Waals surface area contributed by atoms with Crippen molar-refractivity contribution in [3.63, 3.8) is 0 Å². The topological polar surface area (TPSA) is 87.8 Å². The number of nitrogen functional groups attached to an aromatic ring is 1. The van der Waals surface area contributed by atoms with Crippen LogP contribution in [-0.2, 0) is 0 Å². The molecule has 6 heteroatoms. The van der Waals surface area contributed by atoms with Crippen LogP contribution in [0.15, 0.2) is 34.9 Å². The van der Waals surface area contributed by atoms with Crippen LogP contribution < -0.4 is 5.73 Å². The van der Waals surface area contributed by atoms with Gasteiger partial charge in [0, 0.05) is 16.2 Å². The number of aromatic amines is 1. The molecule has 0 atom stereocenters. The molecule has 0 saturated heterocycles. The number of phenolic OH excluding ortho intramolecular Hbond substituents is 1. The Bertz CT molecular complexity index is 738. The predicted octanol–water partition coefficient (Wildman–Crippen LogP) is 2.68. The lowest BCUT2D eigenvalue weighted by Gasteiger charge is -2.00. The van der Waals surface area contributed by atoms with Gasteiger partial charge in [-0.25, -0.2) is 9.97 Å². The lowest BCUT2D eigenvalue weighted by molar-refractivity contribution is 0.478. The smallest absolute Gasteiger partial charge is 0.178 e. The number of rotatable bonds is 1. The first-order valence-corrected chi connectivity index (χ1v) is 6.03. The van der Waals surface area contributed by atoms with Gasteiger partial charge in [0.2, 0.25) is 0 Å². The van der Waals surface area contributed by atoms with Crippen LogP contribution in [0, 0.1) is 0 Å². The van der Waals surface area contributed by atoms with E-state index in [2.05, 4.69) is 30.9 Å². The van der Waals surface area contributed by atoms with Gasteiger partial charge in [0.25, 0.3) is 0 Å². The number of phenols is 1. The third-order valence-electron chi connectivity index (χ3n) is 2.61. The van der Waals surface area contributed by atoms with Crippen molar-refractivity contribution < 1.29 is 5.11 Å². The summed E-state index contributed by atoms with van der Waals surface area (Å²) in [6.45, 7) is 0. The van der Waals surface area contributed by atoms with Crippen LogP contribution in [-0.4, -0.2) is 20.1 Å². The minimum atomic E-state index is 0.0655. The first-order chi connectivity index (χ1) is 8.63. The molecule has 0 spiro atoms. The molecule has 18 heavy (non-hydrogen) atoms. The van der Waals surface area contributed by atoms with Crippen molar-refractivity contribution in [2.24, 2.45) is 0 Å². The second kappa shape index (κ2) is 3.99. The van der Waals surface area contributed by atoms with E-state index in [9.17, 15) is 5.11 Å². The molecule has 0 aliphatic heterocycles. The van der Waals surface area contributed by atoms with E-state index in [1.807, 2.05) is 6.07 Å². The van der Waals surface area contributed by atoms with Crippen molar-refractivity contribution in [2.45, 2.75) is 0 Å². The molecule has 3 rings (SSSR count). The molecule has 1 aromatic carbocycles. The van der Waals surface area contributed by atoms with Crippen LogP contribution in [0.1, 0.15) is 0 Å². The number of nitrogens with two attached hydrogens (primary N) is 1. The summed E-state index contributed by atoms with van der Waals surface area (Å²) in [4.78, 5) is 11.7. The highest BCUT2D eigenvalue weighted by Gasteiger charge is 2.08. The highest BCUT2D eigenvalue weighted by Crippen LogP contribution is 2.27. The molecule has 0 aliphatic rings. The maximum Gasteiger partial charge on any atom is 0.178 e. The van der Waals surface area contributed by atoms with Gasteiger partial charge in [0.1, 0.15) is 11.6 Å². The number of benzene rings is 1. The average molecular weight is 305 g/mol. The number of aromatic nitrogens is 3. The Morgan fingerprint density at radius 1 is 1.28 bits per heavy atom. The molecule has 0 radical (unpaired) electrons. The first kappa shape index (κ1) is 11.0. The molecular formula is C12H9BrN4O. The van der Waals surface area contributed by atoms with Gasteiger partial charge in [-0.15, -0.1) is 0 Å². The molecule has 0 unspecified atom stereocenters. The number of fused-ring (bicyclic) bond motifs is 1. The largest absolute Gasteiger partial charge is 0.506 e. The molecule has 3 aromatic rings. The van der Waals surface area contributed by atoms with Crippen molar-refractivity contribution >= 4 is 32.8 Å². The Morgan fingerprint density at radius 2 is 2.11 bits per heavy atom. The number of H-pyrrole nitrogens is 1. The second-order valence-electron chi connectivity index (χ2n) is 3.88. The van der Waals surface area contributed by atoms with E-state index in [4.69, 9.17) is 5.73 Å². The Kier molecular flexibility index (Phi) is 2.45. The highest BCUT2D eigenvalue weighted by molar-refractivity contribution is 9.10. The molecule has 0 aliphatic carbocycles. The van der Waals surface area contributed by atoms with Crippen LogP contribution in [0.3, 0.4) is 0 Å². The van der Waals surface area contributed by atoms with Crippen LogP contribution >= 0.6 is 15.9 Å². The zero-order chi connectivity index (χ0) is 12.7. The number of nitrogens with one attached hydrogen (secondary N) is 1. The van der Waals surface area contributed by atoms with Gasteiger partial charge in [-0.1, -0.05) is 0 Å². The monoisotopic (exact) mass is 304 g/mol. The lowest BCUT2D eigenvalue weighted by atomic mass is 10.2. The molecule has 90 valence electrons. The first-order valence-electron chi connectivity index (χ1n) is 5.23. The fraction of sp³-hybridized carbons (Fsp3) is 0. The van der Waals surface area contributed by atoms with Crippen molar-refractivity contribution in [2.75, 3.05) is 5.73 Å². The Labute approximate surface area is 111 Å². The molecule has 0 fully saturated rings. The quantitative estimate of drug-likeness (QED) is 0.476. The number of nitrogens with zero attached hydrogens (tertiary/aromatic N) is 2. The Hall–Kier alpha value is -2.08. The standard InChI is InChI=1S/C12H9BrN4O/c13-7-4-9-12(15-5-7)17-11(16-9)6-1-2-10(18)8(14)3-6/h1-5,18H,14H2,(H,15,16,17). The van der Waals surface area contributed by atoms with Crippen LogP contribution in [0.4, 0.5) is 5.69 Å². The molecule has 0 bridgehead atoms. The van der Waals surface area contributed by atoms with Crippen LogP contribution in [0.2, 0.25) is 0 Å².